The number of ether oxygens (including phenoxy) is 1. The average Bonchev–Trinajstić information content (AvgIpc) is 2.71. The number of hydrogen-bond acceptors (Lipinski definition) is 4. The van der Waals surface area contributed by atoms with Crippen molar-refractivity contribution in [1.29, 1.82) is 0 Å². The number of amides is 2. The highest BCUT2D eigenvalue weighted by atomic mass is 35.5. The highest BCUT2D eigenvalue weighted by Gasteiger charge is 2.10. The molecule has 0 aromatic heterocycles. The number of halogens is 1. The van der Waals surface area contributed by atoms with E-state index in [2.05, 4.69) is 15.8 Å². The lowest BCUT2D eigenvalue weighted by Gasteiger charge is -2.09. The van der Waals surface area contributed by atoms with Crippen LogP contribution in [0.25, 0.3) is 10.8 Å². The Morgan fingerprint density at radius 2 is 1.72 bits per heavy atom. The van der Waals surface area contributed by atoms with Crippen LogP contribution < -0.4 is 15.5 Å². The molecule has 2 N–H and O–H groups in total. The molecule has 3 aromatic carbocycles. The van der Waals surface area contributed by atoms with Gasteiger partial charge in [0, 0.05) is 10.9 Å². The number of hydrogen-bond donors (Lipinski definition) is 2. The van der Waals surface area contributed by atoms with Crippen LogP contribution in [0.1, 0.15) is 18.9 Å². The van der Waals surface area contributed by atoms with Gasteiger partial charge in [0.25, 0.3) is 0 Å². The molecule has 3 aromatic rings. The monoisotopic (exact) mass is 409 g/mol. The molecule has 0 unspecified atom stereocenters. The Kier molecular flexibility index (Phi) is 6.81. The zero-order valence-electron chi connectivity index (χ0n) is 15.8. The van der Waals surface area contributed by atoms with Gasteiger partial charge in [-0.3, -0.25) is 9.59 Å². The highest BCUT2D eigenvalue weighted by Crippen LogP contribution is 2.27. The van der Waals surface area contributed by atoms with Gasteiger partial charge in [0.05, 0.1) is 23.5 Å². The van der Waals surface area contributed by atoms with Crippen molar-refractivity contribution in [3.8, 4) is 5.75 Å². The fraction of sp³-hybridized carbons (Fsp3) is 0.136. The number of nitrogens with zero attached hydrogens (tertiary/aromatic N) is 1. The van der Waals surface area contributed by atoms with E-state index in [1.807, 2.05) is 43.3 Å². The normalized spacial score (nSPS) is 10.8. The first-order chi connectivity index (χ1) is 14.1. The molecular formula is C22H20ClN3O3. The van der Waals surface area contributed by atoms with Crippen molar-refractivity contribution in [2.45, 2.75) is 13.3 Å². The quantitative estimate of drug-likeness (QED) is 0.345. The van der Waals surface area contributed by atoms with E-state index in [1.54, 1.807) is 30.5 Å². The Bertz CT molecular complexity index is 1070. The summed E-state index contributed by atoms with van der Waals surface area (Å²) in [5.74, 6) is -0.209. The van der Waals surface area contributed by atoms with Crippen molar-refractivity contribution in [3.63, 3.8) is 0 Å². The maximum Gasteiger partial charge on any atom is 0.249 e. The lowest BCUT2D eigenvalue weighted by atomic mass is 10.0. The molecule has 0 atom stereocenters. The van der Waals surface area contributed by atoms with Gasteiger partial charge in [-0.2, -0.15) is 5.10 Å². The van der Waals surface area contributed by atoms with E-state index in [9.17, 15) is 9.59 Å². The number of hydrazone groups is 1. The van der Waals surface area contributed by atoms with Crippen LogP contribution >= 0.6 is 11.6 Å². The van der Waals surface area contributed by atoms with Gasteiger partial charge in [-0.1, -0.05) is 48.0 Å². The van der Waals surface area contributed by atoms with E-state index in [4.69, 9.17) is 16.3 Å². The van der Waals surface area contributed by atoms with Crippen molar-refractivity contribution < 1.29 is 14.3 Å². The van der Waals surface area contributed by atoms with E-state index in [-0.39, 0.29) is 6.42 Å². The first-order valence-corrected chi connectivity index (χ1v) is 9.47. The van der Waals surface area contributed by atoms with E-state index in [0.29, 0.717) is 17.3 Å². The molecule has 148 valence electrons. The van der Waals surface area contributed by atoms with Gasteiger partial charge in [0.15, 0.2) is 0 Å². The third-order valence-electron chi connectivity index (χ3n) is 4.08. The molecular weight excluding hydrogens is 390 g/mol. The summed E-state index contributed by atoms with van der Waals surface area (Å²) in [7, 11) is 0. The molecule has 3 rings (SSSR count). The molecule has 0 fully saturated rings. The summed E-state index contributed by atoms with van der Waals surface area (Å²) in [4.78, 5) is 24.0. The second kappa shape index (κ2) is 9.71. The maximum atomic E-state index is 12.0. The molecule has 0 heterocycles. The summed E-state index contributed by atoms with van der Waals surface area (Å²) in [6, 6.07) is 18.3. The second-order valence-corrected chi connectivity index (χ2v) is 6.54. The third-order valence-corrected chi connectivity index (χ3v) is 4.41. The number of carbonyl (C=O) groups is 2. The molecule has 0 aliphatic heterocycles. The lowest BCUT2D eigenvalue weighted by Crippen LogP contribution is -2.24. The number of benzene rings is 3. The Morgan fingerprint density at radius 3 is 2.48 bits per heavy atom. The molecule has 7 heteroatoms. The fourth-order valence-electron chi connectivity index (χ4n) is 2.80. The minimum atomic E-state index is -0.527. The summed E-state index contributed by atoms with van der Waals surface area (Å²) in [5, 5.41) is 8.89. The summed E-state index contributed by atoms with van der Waals surface area (Å²) in [6.07, 6.45) is 1.18. The van der Waals surface area contributed by atoms with Crippen molar-refractivity contribution in [2.24, 2.45) is 5.10 Å². The Balaban J connectivity index is 1.62. The standard InChI is InChI=1S/C22H20ClN3O3/c1-2-29-20-12-11-15(16-7-3-4-8-17(16)20)14-24-26-22(28)13-21(27)25-19-10-6-5-9-18(19)23/h3-12,14H,2,13H2,1H3,(H,25,27)(H,26,28). The zero-order valence-corrected chi connectivity index (χ0v) is 16.6. The van der Waals surface area contributed by atoms with Gasteiger partial charge in [-0.05, 0) is 36.6 Å². The van der Waals surface area contributed by atoms with Gasteiger partial charge in [-0.25, -0.2) is 5.43 Å². The molecule has 6 nitrogen and oxygen atoms in total. The molecule has 0 bridgehead atoms. The predicted octanol–water partition coefficient (Wildman–Crippen LogP) is 4.37. The van der Waals surface area contributed by atoms with Crippen LogP contribution in [0.5, 0.6) is 5.75 Å². The van der Waals surface area contributed by atoms with Crippen LogP contribution in [0.2, 0.25) is 5.02 Å². The van der Waals surface area contributed by atoms with Crippen LogP contribution in [0.3, 0.4) is 0 Å². The summed E-state index contributed by atoms with van der Waals surface area (Å²) < 4.78 is 5.65. The van der Waals surface area contributed by atoms with Crippen LogP contribution in [-0.4, -0.2) is 24.6 Å². The predicted molar refractivity (Wildman–Crippen MR) is 116 cm³/mol. The maximum absolute atomic E-state index is 12.0. The molecule has 2 amide bonds. The molecule has 0 aliphatic rings. The van der Waals surface area contributed by atoms with Crippen molar-refractivity contribution in [1.82, 2.24) is 5.43 Å². The van der Waals surface area contributed by atoms with Crippen molar-refractivity contribution in [3.05, 3.63) is 71.2 Å². The molecule has 29 heavy (non-hydrogen) atoms. The van der Waals surface area contributed by atoms with Crippen molar-refractivity contribution in [2.75, 3.05) is 11.9 Å². The number of anilines is 1. The van der Waals surface area contributed by atoms with Gasteiger partial charge in [-0.15, -0.1) is 0 Å². The molecule has 0 radical (unpaired) electrons. The summed E-state index contributed by atoms with van der Waals surface area (Å²) in [6.45, 7) is 2.51. The smallest absolute Gasteiger partial charge is 0.249 e. The van der Waals surface area contributed by atoms with E-state index >= 15 is 0 Å². The van der Waals surface area contributed by atoms with Crippen LogP contribution in [-0.2, 0) is 9.59 Å². The second-order valence-electron chi connectivity index (χ2n) is 6.13. The van der Waals surface area contributed by atoms with E-state index < -0.39 is 11.8 Å². The van der Waals surface area contributed by atoms with E-state index in [1.165, 1.54) is 0 Å². The number of fused-ring (bicyclic) bond motifs is 1. The number of rotatable bonds is 7. The zero-order chi connectivity index (χ0) is 20.6. The van der Waals surface area contributed by atoms with Gasteiger partial charge >= 0.3 is 0 Å². The van der Waals surface area contributed by atoms with Crippen LogP contribution in [0.4, 0.5) is 5.69 Å². The largest absolute Gasteiger partial charge is 0.493 e. The van der Waals surface area contributed by atoms with Gasteiger partial charge < -0.3 is 10.1 Å². The van der Waals surface area contributed by atoms with Crippen LogP contribution in [0, 0.1) is 0 Å². The Labute approximate surface area is 173 Å². The topological polar surface area (TPSA) is 79.8 Å². The average molecular weight is 410 g/mol. The molecule has 0 aliphatic carbocycles. The number of para-hydroxylation sites is 1. The third kappa shape index (κ3) is 5.33. The minimum Gasteiger partial charge on any atom is -0.493 e. The van der Waals surface area contributed by atoms with Crippen LogP contribution in [0.15, 0.2) is 65.8 Å². The first kappa shape index (κ1) is 20.4. The molecule has 0 saturated heterocycles. The van der Waals surface area contributed by atoms with E-state index in [0.717, 1.165) is 22.1 Å². The molecule has 0 saturated carbocycles. The molecule has 0 spiro atoms. The number of nitrogens with one attached hydrogen (secondary N) is 2. The summed E-state index contributed by atoms with van der Waals surface area (Å²) >= 11 is 5.99. The SMILES string of the molecule is CCOc1ccc(C=NNC(=O)CC(=O)Nc2ccccc2Cl)c2ccccc12. The Hall–Kier alpha value is -3.38. The van der Waals surface area contributed by atoms with Gasteiger partial charge in [0.1, 0.15) is 12.2 Å². The van der Waals surface area contributed by atoms with Crippen molar-refractivity contribution >= 4 is 46.1 Å². The highest BCUT2D eigenvalue weighted by molar-refractivity contribution is 6.33. The van der Waals surface area contributed by atoms with Gasteiger partial charge in [0.2, 0.25) is 11.8 Å². The first-order valence-electron chi connectivity index (χ1n) is 9.09. The summed E-state index contributed by atoms with van der Waals surface area (Å²) in [5.41, 5.74) is 3.65. The fourth-order valence-corrected chi connectivity index (χ4v) is 2.99. The minimum absolute atomic E-state index is 0.368. The lowest BCUT2D eigenvalue weighted by molar-refractivity contribution is -0.126. The Morgan fingerprint density at radius 1 is 1.00 bits per heavy atom. The number of carbonyl (C=O) groups excluding carboxylic acids is 2.